The van der Waals surface area contributed by atoms with Crippen molar-refractivity contribution in [3.63, 3.8) is 0 Å². The van der Waals surface area contributed by atoms with Gasteiger partial charge in [-0.05, 0) is 132 Å². The van der Waals surface area contributed by atoms with Crippen LogP contribution in [0.15, 0.2) is 60.7 Å². The second kappa shape index (κ2) is 18.5. The van der Waals surface area contributed by atoms with Crippen molar-refractivity contribution in [3.05, 3.63) is 77.6 Å². The fraction of sp³-hybridized carbons (Fsp3) is 0.476. The number of aromatic nitrogens is 5. The molecule has 3 heterocycles. The van der Waals surface area contributed by atoms with Crippen LogP contribution in [0.2, 0.25) is 0 Å². The van der Waals surface area contributed by atoms with Gasteiger partial charge in [-0.25, -0.2) is 9.78 Å². The molecule has 0 spiro atoms. The summed E-state index contributed by atoms with van der Waals surface area (Å²) in [5.74, 6) is -0.252. The third-order valence-electron chi connectivity index (χ3n) is 10.5. The van der Waals surface area contributed by atoms with E-state index in [2.05, 4.69) is 58.8 Å². The minimum Gasteiger partial charge on any atom is -0.444 e. The predicted octanol–water partition coefficient (Wildman–Crippen LogP) is 5.06. The molecule has 1 saturated heterocycles. The topological polar surface area (TPSA) is 196 Å². The van der Waals surface area contributed by atoms with Gasteiger partial charge in [-0.3, -0.25) is 14.4 Å². The summed E-state index contributed by atoms with van der Waals surface area (Å²) in [6.07, 6.45) is 4.68. The van der Waals surface area contributed by atoms with Crippen LogP contribution in [0.25, 0.3) is 22.5 Å². The molecule has 1 aliphatic carbocycles. The van der Waals surface area contributed by atoms with E-state index < -0.39 is 17.7 Å². The number of nitrogens with one attached hydrogen (secondary N) is 5. The van der Waals surface area contributed by atoms with Gasteiger partial charge in [0, 0.05) is 54.0 Å². The summed E-state index contributed by atoms with van der Waals surface area (Å²) in [7, 11) is 2.07. The third-order valence-corrected chi connectivity index (χ3v) is 10.5. The number of carbonyl (C=O) groups excluding carboxylic acids is 4. The number of pyridine rings is 1. The van der Waals surface area contributed by atoms with Crippen molar-refractivity contribution >= 4 is 29.5 Å². The second-order valence-corrected chi connectivity index (χ2v) is 16.3. The number of H-pyrrole nitrogens is 1. The lowest BCUT2D eigenvalue weighted by Gasteiger charge is -2.30. The minimum absolute atomic E-state index is 0.111. The molecule has 2 aromatic carbocycles. The number of likely N-dealkylation sites (N-methyl/N-ethyl adjacent to an activating group) is 1. The van der Waals surface area contributed by atoms with Crippen LogP contribution < -0.4 is 21.3 Å². The van der Waals surface area contributed by atoms with Crippen molar-refractivity contribution < 1.29 is 23.9 Å². The average Bonchev–Trinajstić information content (AvgIpc) is 3.72. The quantitative estimate of drug-likeness (QED) is 0.130. The molecule has 5 N–H and O–H groups in total. The van der Waals surface area contributed by atoms with E-state index in [1.54, 1.807) is 30.3 Å². The van der Waals surface area contributed by atoms with Gasteiger partial charge in [-0.2, -0.15) is 5.21 Å². The minimum atomic E-state index is -0.850. The van der Waals surface area contributed by atoms with Crippen LogP contribution in [0.4, 0.5) is 10.5 Å². The summed E-state index contributed by atoms with van der Waals surface area (Å²) in [5.41, 5.74) is 4.54. The molecular formula is C42H54N10O5. The summed E-state index contributed by atoms with van der Waals surface area (Å²) >= 11 is 0. The Bertz CT molecular complexity index is 1990. The maximum absolute atomic E-state index is 13.8. The first-order valence-electron chi connectivity index (χ1n) is 19.8. The van der Waals surface area contributed by atoms with E-state index in [9.17, 15) is 19.2 Å². The number of aryl methyl sites for hydroxylation is 1. The number of amides is 4. The molecule has 302 valence electrons. The Morgan fingerprint density at radius 1 is 0.930 bits per heavy atom. The van der Waals surface area contributed by atoms with Crippen LogP contribution in [0.1, 0.15) is 81.0 Å². The van der Waals surface area contributed by atoms with Crippen molar-refractivity contribution in [2.75, 3.05) is 32.0 Å². The molecule has 6 rings (SSSR count). The zero-order chi connectivity index (χ0) is 40.5. The number of nitrogens with zero attached hydrogens (tertiary/aromatic N) is 5. The molecule has 2 atom stereocenters. The van der Waals surface area contributed by atoms with E-state index in [4.69, 9.17) is 4.74 Å². The first-order valence-corrected chi connectivity index (χ1v) is 19.8. The van der Waals surface area contributed by atoms with Crippen LogP contribution in [0.5, 0.6) is 0 Å². The first-order chi connectivity index (χ1) is 27.3. The highest BCUT2D eigenvalue weighted by molar-refractivity contribution is 5.98. The number of tetrazole rings is 1. The summed E-state index contributed by atoms with van der Waals surface area (Å²) in [4.78, 5) is 59.6. The van der Waals surface area contributed by atoms with Crippen molar-refractivity contribution in [1.29, 1.82) is 0 Å². The molecule has 2 aromatic heterocycles. The summed E-state index contributed by atoms with van der Waals surface area (Å²) in [5, 5.41) is 26.0. The van der Waals surface area contributed by atoms with Gasteiger partial charge in [0.2, 0.25) is 17.6 Å². The molecule has 4 amide bonds. The number of likely N-dealkylation sites (tertiary alicyclic amines) is 1. The van der Waals surface area contributed by atoms with Gasteiger partial charge in [0.05, 0.1) is 0 Å². The number of rotatable bonds is 12. The highest BCUT2D eigenvalue weighted by atomic mass is 16.6. The molecule has 2 fully saturated rings. The fourth-order valence-corrected chi connectivity index (χ4v) is 7.48. The monoisotopic (exact) mass is 778 g/mol. The largest absolute Gasteiger partial charge is 0.444 e. The van der Waals surface area contributed by atoms with E-state index in [0.717, 1.165) is 66.7 Å². The molecule has 2 aliphatic rings. The number of ether oxygens (including phenoxy) is 1. The Morgan fingerprint density at radius 2 is 1.65 bits per heavy atom. The number of anilines is 1. The van der Waals surface area contributed by atoms with Gasteiger partial charge in [0.25, 0.3) is 5.91 Å². The van der Waals surface area contributed by atoms with E-state index in [1.165, 1.54) is 0 Å². The molecular weight excluding hydrogens is 725 g/mol. The number of hydrogen-bond acceptors (Lipinski definition) is 10. The van der Waals surface area contributed by atoms with Crippen LogP contribution in [0, 0.1) is 18.8 Å². The molecule has 15 nitrogen and oxygen atoms in total. The molecule has 1 saturated carbocycles. The number of aromatic amines is 1. The molecule has 0 radical (unpaired) electrons. The molecule has 57 heavy (non-hydrogen) atoms. The standard InChI is InChI=1S/C42H54N10O5/c1-26-34(20-21-35(44-26)39(54)46-33-7-6-22-52(5)25-33)29-12-8-27(9-13-29)23-36(40(55)45-32-18-16-30(17-19-32)37-48-50-51-49-37)47-38(53)31-14-10-28(11-15-31)24-43-41(56)57-42(2,3)4/h8-9,12-13,16-21,28,31,33,36H,6-7,10-11,14-15,22-25H2,1-5H3,(H,43,56)(H,45,55)(H,46,54)(H,47,53)(H,48,49,50,51). The first kappa shape index (κ1) is 40.9. The van der Waals surface area contributed by atoms with E-state index in [0.29, 0.717) is 36.6 Å². The van der Waals surface area contributed by atoms with Crippen LogP contribution in [-0.2, 0) is 20.7 Å². The fourth-order valence-electron chi connectivity index (χ4n) is 7.48. The molecule has 0 bridgehead atoms. The van der Waals surface area contributed by atoms with E-state index in [-0.39, 0.29) is 42.0 Å². The SMILES string of the molecule is Cc1nc(C(=O)NC2CCCN(C)C2)ccc1-c1ccc(CC(NC(=O)C2CCC(CNC(=O)OC(C)(C)C)CC2)C(=O)Nc2ccc(-c3nn[nH]n3)cc2)cc1. The summed E-state index contributed by atoms with van der Waals surface area (Å²) < 4.78 is 5.36. The highest BCUT2D eigenvalue weighted by Crippen LogP contribution is 2.29. The molecule has 4 aromatic rings. The van der Waals surface area contributed by atoms with Crippen LogP contribution in [0.3, 0.4) is 0 Å². The Labute approximate surface area is 333 Å². The van der Waals surface area contributed by atoms with Gasteiger partial charge in [-0.15, -0.1) is 10.2 Å². The smallest absolute Gasteiger partial charge is 0.407 e. The van der Waals surface area contributed by atoms with Gasteiger partial charge >= 0.3 is 6.09 Å². The van der Waals surface area contributed by atoms with Crippen molar-refractivity contribution in [1.82, 2.24) is 46.5 Å². The maximum Gasteiger partial charge on any atom is 0.407 e. The molecule has 2 unspecified atom stereocenters. The predicted molar refractivity (Wildman–Crippen MR) is 216 cm³/mol. The van der Waals surface area contributed by atoms with Gasteiger partial charge < -0.3 is 30.9 Å². The maximum atomic E-state index is 13.8. The number of alkyl carbamates (subject to hydrolysis) is 1. The van der Waals surface area contributed by atoms with E-state index in [1.807, 2.05) is 58.0 Å². The van der Waals surface area contributed by atoms with Crippen molar-refractivity contribution in [3.8, 4) is 22.5 Å². The Hall–Kier alpha value is -5.70. The van der Waals surface area contributed by atoms with Crippen molar-refractivity contribution in [2.45, 2.75) is 90.3 Å². The van der Waals surface area contributed by atoms with Crippen LogP contribution >= 0.6 is 0 Å². The number of benzene rings is 2. The highest BCUT2D eigenvalue weighted by Gasteiger charge is 2.30. The Kier molecular flexibility index (Phi) is 13.3. The molecule has 1 aliphatic heterocycles. The lowest BCUT2D eigenvalue weighted by Crippen LogP contribution is -2.48. The van der Waals surface area contributed by atoms with Gasteiger partial charge in [0.15, 0.2) is 0 Å². The number of hydrogen-bond donors (Lipinski definition) is 5. The van der Waals surface area contributed by atoms with E-state index >= 15 is 0 Å². The Balaban J connectivity index is 1.10. The summed E-state index contributed by atoms with van der Waals surface area (Å²) in [6.45, 7) is 9.73. The molecule has 15 heteroatoms. The number of piperidine rings is 1. The lowest BCUT2D eigenvalue weighted by molar-refractivity contribution is -0.130. The zero-order valence-electron chi connectivity index (χ0n) is 33.4. The van der Waals surface area contributed by atoms with Crippen LogP contribution in [-0.4, -0.2) is 98.7 Å². The second-order valence-electron chi connectivity index (χ2n) is 16.3. The Morgan fingerprint density at radius 3 is 2.30 bits per heavy atom. The van der Waals surface area contributed by atoms with Gasteiger partial charge in [0.1, 0.15) is 17.3 Å². The van der Waals surface area contributed by atoms with Crippen molar-refractivity contribution in [2.24, 2.45) is 11.8 Å². The normalized spacial score (nSPS) is 19.2. The lowest BCUT2D eigenvalue weighted by atomic mass is 9.81. The third kappa shape index (κ3) is 11.7. The van der Waals surface area contributed by atoms with Gasteiger partial charge in [-0.1, -0.05) is 30.3 Å². The summed E-state index contributed by atoms with van der Waals surface area (Å²) in [6, 6.07) is 17.9. The average molecular weight is 779 g/mol. The number of carbonyl (C=O) groups is 4. The zero-order valence-corrected chi connectivity index (χ0v) is 33.4.